The van der Waals surface area contributed by atoms with Gasteiger partial charge in [-0.3, -0.25) is 4.57 Å². The Hall–Kier alpha value is -7.04. The smallest absolute Gasteiger partial charge is 0.165 e. The van der Waals surface area contributed by atoms with Crippen molar-refractivity contribution in [3.63, 3.8) is 0 Å². The van der Waals surface area contributed by atoms with Crippen molar-refractivity contribution in [1.82, 2.24) is 19.1 Å². The predicted octanol–water partition coefficient (Wildman–Crippen LogP) is 12.3. The summed E-state index contributed by atoms with van der Waals surface area (Å²) in [6, 6.07) is 64.7. The molecule has 52 heavy (non-hydrogen) atoms. The van der Waals surface area contributed by atoms with Crippen molar-refractivity contribution < 1.29 is 0 Å². The van der Waals surface area contributed by atoms with Crippen molar-refractivity contribution in [1.29, 1.82) is 0 Å². The van der Waals surface area contributed by atoms with Crippen LogP contribution in [-0.2, 0) is 0 Å². The quantitative estimate of drug-likeness (QED) is 0.188. The van der Waals surface area contributed by atoms with E-state index in [1.54, 1.807) is 0 Å². The fourth-order valence-corrected chi connectivity index (χ4v) is 8.20. The first-order valence-electron chi connectivity index (χ1n) is 17.7. The Morgan fingerprint density at radius 2 is 0.865 bits per heavy atom. The zero-order chi connectivity index (χ0) is 34.2. The van der Waals surface area contributed by atoms with Crippen molar-refractivity contribution >= 4 is 65.4 Å². The molecule has 0 saturated carbocycles. The maximum Gasteiger partial charge on any atom is 0.165 e. The third kappa shape index (κ3) is 4.21. The van der Waals surface area contributed by atoms with Crippen LogP contribution in [0.5, 0.6) is 0 Å². The fourth-order valence-electron chi connectivity index (χ4n) is 8.20. The highest BCUT2D eigenvalue weighted by molar-refractivity contribution is 6.28. The first-order chi connectivity index (χ1) is 25.8. The lowest BCUT2D eigenvalue weighted by molar-refractivity contribution is 1.08. The summed E-state index contributed by atoms with van der Waals surface area (Å²) >= 11 is 0. The molecule has 8 aromatic carbocycles. The van der Waals surface area contributed by atoms with Crippen LogP contribution in [0.2, 0.25) is 0 Å². The predicted molar refractivity (Wildman–Crippen MR) is 217 cm³/mol. The van der Waals surface area contributed by atoms with Crippen LogP contribution in [0.1, 0.15) is 0 Å². The van der Waals surface area contributed by atoms with Gasteiger partial charge in [-0.1, -0.05) is 140 Å². The van der Waals surface area contributed by atoms with Crippen LogP contribution in [0, 0.1) is 0 Å². The maximum absolute atomic E-state index is 5.38. The first-order valence-corrected chi connectivity index (χ1v) is 17.7. The summed E-state index contributed by atoms with van der Waals surface area (Å²) < 4.78 is 4.74. The molecule has 3 heterocycles. The Labute approximate surface area is 299 Å². The standard InChI is InChI=1S/C48H30N4/c1-3-13-31(14-4-1)32-23-25-33(26-24-32)46-48(50-41-20-10-9-19-40(41)49-46)52-43-22-12-8-18-39(43)45-36-27-28-37-35-17-7-11-21-42(35)51(34-15-5-2-6-16-34)47(37)38(36)29-30-44(45)52/h1-30H. The molecule has 0 atom stereocenters. The number of rotatable bonds is 4. The zero-order valence-corrected chi connectivity index (χ0v) is 28.1. The minimum Gasteiger partial charge on any atom is -0.309 e. The lowest BCUT2D eigenvalue weighted by Gasteiger charge is -2.14. The molecular weight excluding hydrogens is 633 g/mol. The number of fused-ring (bicyclic) bond motifs is 10. The van der Waals surface area contributed by atoms with Crippen molar-refractivity contribution in [2.24, 2.45) is 0 Å². The van der Waals surface area contributed by atoms with Gasteiger partial charge in [0.1, 0.15) is 5.69 Å². The van der Waals surface area contributed by atoms with Crippen LogP contribution in [0.15, 0.2) is 182 Å². The number of aromatic nitrogens is 4. The summed E-state index contributed by atoms with van der Waals surface area (Å²) in [6.07, 6.45) is 0. The van der Waals surface area contributed by atoms with E-state index in [0.717, 1.165) is 44.8 Å². The van der Waals surface area contributed by atoms with Crippen LogP contribution in [0.25, 0.3) is 99.3 Å². The van der Waals surface area contributed by atoms with E-state index >= 15 is 0 Å². The molecule has 3 aromatic heterocycles. The molecule has 0 amide bonds. The van der Waals surface area contributed by atoms with Crippen LogP contribution < -0.4 is 0 Å². The lowest BCUT2D eigenvalue weighted by atomic mass is 10.0. The normalized spacial score (nSPS) is 11.8. The molecule has 0 saturated heterocycles. The van der Waals surface area contributed by atoms with Gasteiger partial charge < -0.3 is 4.57 Å². The van der Waals surface area contributed by atoms with Gasteiger partial charge in [0.2, 0.25) is 0 Å². The highest BCUT2D eigenvalue weighted by Crippen LogP contribution is 2.43. The SMILES string of the molecule is c1ccc(-c2ccc(-c3nc4ccccc4nc3-n3c4ccccc4c4c5ccc6c7ccccc7n(-c7ccccc7)c6c5ccc43)cc2)cc1. The Kier molecular flexibility index (Phi) is 6.22. The molecule has 4 nitrogen and oxygen atoms in total. The molecule has 0 aliphatic carbocycles. The number of hydrogen-bond donors (Lipinski definition) is 0. The topological polar surface area (TPSA) is 35.6 Å². The van der Waals surface area contributed by atoms with Gasteiger partial charge in [-0.15, -0.1) is 0 Å². The molecule has 242 valence electrons. The second-order valence-electron chi connectivity index (χ2n) is 13.4. The van der Waals surface area contributed by atoms with E-state index in [1.807, 2.05) is 18.2 Å². The van der Waals surface area contributed by atoms with Crippen LogP contribution in [0.3, 0.4) is 0 Å². The molecule has 0 N–H and O–H groups in total. The molecule has 0 unspecified atom stereocenters. The molecule has 4 heteroatoms. The molecule has 0 aliphatic rings. The number of nitrogens with zero attached hydrogens (tertiary/aromatic N) is 4. The van der Waals surface area contributed by atoms with E-state index in [2.05, 4.69) is 173 Å². The van der Waals surface area contributed by atoms with Gasteiger partial charge in [-0.2, -0.15) is 0 Å². The second-order valence-corrected chi connectivity index (χ2v) is 13.4. The van der Waals surface area contributed by atoms with Crippen molar-refractivity contribution in [2.45, 2.75) is 0 Å². The maximum atomic E-state index is 5.38. The molecule has 11 aromatic rings. The third-order valence-corrected chi connectivity index (χ3v) is 10.5. The Bertz CT molecular complexity index is 3160. The summed E-state index contributed by atoms with van der Waals surface area (Å²) in [5.74, 6) is 0.816. The Morgan fingerprint density at radius 1 is 0.327 bits per heavy atom. The molecular formula is C48H30N4. The average Bonchev–Trinajstić information content (AvgIpc) is 3.74. The monoisotopic (exact) mass is 662 g/mol. The summed E-state index contributed by atoms with van der Waals surface area (Å²) in [4.78, 5) is 10.7. The number of para-hydroxylation sites is 5. The summed E-state index contributed by atoms with van der Waals surface area (Å²) in [6.45, 7) is 0. The third-order valence-electron chi connectivity index (χ3n) is 10.5. The van der Waals surface area contributed by atoms with Crippen molar-refractivity contribution in [3.8, 4) is 33.9 Å². The Balaban J connectivity index is 1.22. The number of hydrogen-bond acceptors (Lipinski definition) is 2. The summed E-state index contributed by atoms with van der Waals surface area (Å²) in [7, 11) is 0. The Morgan fingerprint density at radius 3 is 1.63 bits per heavy atom. The minimum absolute atomic E-state index is 0.816. The van der Waals surface area contributed by atoms with Crippen molar-refractivity contribution in [3.05, 3.63) is 182 Å². The van der Waals surface area contributed by atoms with Crippen LogP contribution in [-0.4, -0.2) is 19.1 Å². The van der Waals surface area contributed by atoms with Gasteiger partial charge in [-0.25, -0.2) is 9.97 Å². The van der Waals surface area contributed by atoms with E-state index in [9.17, 15) is 0 Å². The number of benzene rings is 8. The van der Waals surface area contributed by atoms with Gasteiger partial charge in [0.15, 0.2) is 5.82 Å². The van der Waals surface area contributed by atoms with Gasteiger partial charge in [0, 0.05) is 38.2 Å². The molecule has 0 aliphatic heterocycles. The lowest BCUT2D eigenvalue weighted by Crippen LogP contribution is -2.03. The minimum atomic E-state index is 0.816. The fraction of sp³-hybridized carbons (Fsp3) is 0. The second kappa shape index (κ2) is 11.2. The van der Waals surface area contributed by atoms with Gasteiger partial charge in [-0.05, 0) is 59.0 Å². The summed E-state index contributed by atoms with van der Waals surface area (Å²) in [5.41, 5.74) is 11.7. The van der Waals surface area contributed by atoms with E-state index in [-0.39, 0.29) is 0 Å². The van der Waals surface area contributed by atoms with E-state index in [0.29, 0.717) is 0 Å². The highest BCUT2D eigenvalue weighted by Gasteiger charge is 2.22. The largest absolute Gasteiger partial charge is 0.309 e. The molecule has 0 fully saturated rings. The van der Waals surface area contributed by atoms with E-state index in [1.165, 1.54) is 54.5 Å². The first kappa shape index (κ1) is 28.8. The molecule has 0 spiro atoms. The van der Waals surface area contributed by atoms with Gasteiger partial charge >= 0.3 is 0 Å². The van der Waals surface area contributed by atoms with Gasteiger partial charge in [0.05, 0.1) is 33.1 Å². The molecule has 0 radical (unpaired) electrons. The average molecular weight is 663 g/mol. The van der Waals surface area contributed by atoms with E-state index in [4.69, 9.17) is 9.97 Å². The highest BCUT2D eigenvalue weighted by atomic mass is 15.1. The molecule has 11 rings (SSSR count). The van der Waals surface area contributed by atoms with E-state index < -0.39 is 0 Å². The van der Waals surface area contributed by atoms with Crippen LogP contribution >= 0.6 is 0 Å². The molecule has 0 bridgehead atoms. The van der Waals surface area contributed by atoms with Crippen LogP contribution in [0.4, 0.5) is 0 Å². The van der Waals surface area contributed by atoms with Crippen molar-refractivity contribution in [2.75, 3.05) is 0 Å². The van der Waals surface area contributed by atoms with Gasteiger partial charge in [0.25, 0.3) is 0 Å². The zero-order valence-electron chi connectivity index (χ0n) is 28.1. The summed E-state index contributed by atoms with van der Waals surface area (Å²) in [5, 5.41) is 7.32.